The van der Waals surface area contributed by atoms with Crippen LogP contribution in [0.2, 0.25) is 25.7 Å². The smallest absolute Gasteiger partial charge is 0.267 e. The number of amidine groups is 1. The molecule has 1 rings (SSSR count). The van der Waals surface area contributed by atoms with Gasteiger partial charge < -0.3 is 10.5 Å². The molecule has 0 aliphatic rings. The van der Waals surface area contributed by atoms with Crippen LogP contribution in [-0.2, 0) is 6.42 Å². The highest BCUT2D eigenvalue weighted by molar-refractivity contribution is 6.76. The summed E-state index contributed by atoms with van der Waals surface area (Å²) in [4.78, 5) is 4.12. The van der Waals surface area contributed by atoms with Crippen molar-refractivity contribution < 1.29 is 13.5 Å². The number of hydrogen-bond acceptors (Lipinski definition) is 2. The van der Waals surface area contributed by atoms with E-state index in [1.165, 1.54) is 0 Å². The first-order valence-electron chi connectivity index (χ1n) is 8.41. The molecule has 1 aromatic carbocycles. The van der Waals surface area contributed by atoms with Gasteiger partial charge in [0.1, 0.15) is 5.75 Å². The standard InChI is InChI=1S/C18H30F2N2OSi/c1-13-11-17(23-9-6-10-24(3,4)5)16(18(19)20)12-15(13)7-8-22-14(2)21/h11-12,18H,6-10H2,1-5H3,(H2,21,22). The highest BCUT2D eigenvalue weighted by Gasteiger charge is 2.17. The minimum Gasteiger partial charge on any atom is -0.493 e. The van der Waals surface area contributed by atoms with Gasteiger partial charge in [-0.2, -0.15) is 0 Å². The molecular weight excluding hydrogens is 326 g/mol. The van der Waals surface area contributed by atoms with Gasteiger partial charge in [-0.05, 0) is 49.9 Å². The number of nitrogens with zero attached hydrogens (tertiary/aromatic N) is 1. The van der Waals surface area contributed by atoms with E-state index >= 15 is 0 Å². The van der Waals surface area contributed by atoms with Gasteiger partial charge in [0.15, 0.2) is 0 Å². The van der Waals surface area contributed by atoms with Gasteiger partial charge in [-0.15, -0.1) is 0 Å². The van der Waals surface area contributed by atoms with E-state index in [4.69, 9.17) is 10.5 Å². The second-order valence-electron chi connectivity index (χ2n) is 7.40. The van der Waals surface area contributed by atoms with Crippen LogP contribution in [0.25, 0.3) is 0 Å². The van der Waals surface area contributed by atoms with Crippen LogP contribution in [0.15, 0.2) is 17.1 Å². The van der Waals surface area contributed by atoms with E-state index in [9.17, 15) is 8.78 Å². The predicted octanol–water partition coefficient (Wildman–Crippen LogP) is 4.96. The molecule has 0 saturated heterocycles. The van der Waals surface area contributed by atoms with Crippen LogP contribution in [0.5, 0.6) is 5.75 Å². The molecule has 0 heterocycles. The summed E-state index contributed by atoms with van der Waals surface area (Å²) >= 11 is 0. The average molecular weight is 357 g/mol. The van der Waals surface area contributed by atoms with Crippen LogP contribution in [-0.4, -0.2) is 27.1 Å². The Hall–Kier alpha value is -1.43. The summed E-state index contributed by atoms with van der Waals surface area (Å²) in [6.07, 6.45) is -1.05. The minimum absolute atomic E-state index is 0.0305. The first-order chi connectivity index (χ1) is 11.1. The number of halogens is 2. The summed E-state index contributed by atoms with van der Waals surface area (Å²) in [5.41, 5.74) is 7.29. The Bertz CT molecular complexity index is 565. The lowest BCUT2D eigenvalue weighted by atomic mass is 10.0. The third-order valence-corrected chi connectivity index (χ3v) is 5.63. The second kappa shape index (κ2) is 9.16. The van der Waals surface area contributed by atoms with E-state index in [0.29, 0.717) is 31.2 Å². The second-order valence-corrected chi connectivity index (χ2v) is 13.0. The van der Waals surface area contributed by atoms with E-state index < -0.39 is 14.5 Å². The summed E-state index contributed by atoms with van der Waals surface area (Å²) in [5, 5.41) is 0. The molecule has 24 heavy (non-hydrogen) atoms. The molecule has 0 radical (unpaired) electrons. The zero-order chi connectivity index (χ0) is 18.3. The lowest BCUT2D eigenvalue weighted by Crippen LogP contribution is -2.20. The maximum absolute atomic E-state index is 13.4. The zero-order valence-electron chi connectivity index (χ0n) is 15.5. The minimum atomic E-state index is -2.55. The molecule has 0 fully saturated rings. The van der Waals surface area contributed by atoms with Crippen LogP contribution < -0.4 is 10.5 Å². The molecule has 0 saturated carbocycles. The molecule has 0 atom stereocenters. The molecule has 136 valence electrons. The molecule has 6 heteroatoms. The Balaban J connectivity index is 2.81. The van der Waals surface area contributed by atoms with Crippen molar-refractivity contribution in [3.05, 3.63) is 28.8 Å². The number of hydrogen-bond donors (Lipinski definition) is 1. The number of aryl methyl sites for hydroxylation is 1. The van der Waals surface area contributed by atoms with Crippen LogP contribution in [0.1, 0.15) is 36.5 Å². The Morgan fingerprint density at radius 1 is 1.29 bits per heavy atom. The van der Waals surface area contributed by atoms with Gasteiger partial charge in [0.05, 0.1) is 18.0 Å². The Morgan fingerprint density at radius 2 is 1.96 bits per heavy atom. The maximum atomic E-state index is 13.4. The number of alkyl halides is 2. The predicted molar refractivity (Wildman–Crippen MR) is 100 cm³/mol. The third-order valence-electron chi connectivity index (χ3n) is 3.77. The fraction of sp³-hybridized carbons (Fsp3) is 0.611. The summed E-state index contributed by atoms with van der Waals surface area (Å²) in [6, 6.07) is 4.41. The Kier molecular flexibility index (Phi) is 7.86. The van der Waals surface area contributed by atoms with Gasteiger partial charge >= 0.3 is 0 Å². The van der Waals surface area contributed by atoms with Gasteiger partial charge in [0.2, 0.25) is 0 Å². The SMILES string of the molecule is CC(N)=NCCc1cc(C(F)F)c(OCCC[Si](C)(C)C)cc1C. The number of rotatable bonds is 9. The van der Waals surface area contributed by atoms with E-state index in [0.717, 1.165) is 23.6 Å². The van der Waals surface area contributed by atoms with Crippen molar-refractivity contribution in [1.29, 1.82) is 0 Å². The molecule has 0 unspecified atom stereocenters. The van der Waals surface area contributed by atoms with Crippen molar-refractivity contribution >= 4 is 13.9 Å². The molecule has 0 bridgehead atoms. The molecular formula is C18H30F2N2OSi. The average Bonchev–Trinajstić information content (AvgIpc) is 2.43. The fourth-order valence-electron chi connectivity index (χ4n) is 2.45. The highest BCUT2D eigenvalue weighted by Crippen LogP contribution is 2.32. The highest BCUT2D eigenvalue weighted by atomic mass is 28.3. The normalized spacial score (nSPS) is 12.8. The first-order valence-corrected chi connectivity index (χ1v) is 12.1. The lowest BCUT2D eigenvalue weighted by molar-refractivity contribution is 0.145. The summed E-state index contributed by atoms with van der Waals surface area (Å²) in [5.74, 6) is 0.810. The monoisotopic (exact) mass is 356 g/mol. The molecule has 2 N–H and O–H groups in total. The summed E-state index contributed by atoms with van der Waals surface area (Å²) in [7, 11) is -1.13. The van der Waals surface area contributed by atoms with Crippen molar-refractivity contribution in [3.8, 4) is 5.75 Å². The Morgan fingerprint density at radius 3 is 2.50 bits per heavy atom. The topological polar surface area (TPSA) is 47.6 Å². The van der Waals surface area contributed by atoms with Crippen molar-refractivity contribution in [2.75, 3.05) is 13.2 Å². The molecule has 3 nitrogen and oxygen atoms in total. The van der Waals surface area contributed by atoms with Gasteiger partial charge in [-0.25, -0.2) is 8.78 Å². The number of ether oxygens (including phenoxy) is 1. The quantitative estimate of drug-likeness (QED) is 0.294. The number of nitrogens with two attached hydrogens (primary N) is 1. The number of aliphatic imine (C=N–C) groups is 1. The molecule has 1 aromatic rings. The summed E-state index contributed by atoms with van der Waals surface area (Å²) in [6.45, 7) is 11.5. The van der Waals surface area contributed by atoms with Crippen molar-refractivity contribution in [1.82, 2.24) is 0 Å². The van der Waals surface area contributed by atoms with E-state index in [-0.39, 0.29) is 5.56 Å². The van der Waals surface area contributed by atoms with Crippen LogP contribution in [0.4, 0.5) is 8.78 Å². The zero-order valence-corrected chi connectivity index (χ0v) is 16.5. The number of benzene rings is 1. The van der Waals surface area contributed by atoms with E-state index in [1.54, 1.807) is 19.1 Å². The first kappa shape index (κ1) is 20.6. The largest absolute Gasteiger partial charge is 0.493 e. The van der Waals surface area contributed by atoms with Crippen molar-refractivity contribution in [3.63, 3.8) is 0 Å². The van der Waals surface area contributed by atoms with Gasteiger partial charge in [0, 0.05) is 14.6 Å². The van der Waals surface area contributed by atoms with Gasteiger partial charge in [-0.1, -0.05) is 25.7 Å². The lowest BCUT2D eigenvalue weighted by Gasteiger charge is -2.18. The van der Waals surface area contributed by atoms with Crippen molar-refractivity contribution in [2.45, 2.75) is 58.8 Å². The molecule has 0 aliphatic heterocycles. The molecule has 0 aliphatic carbocycles. The van der Waals surface area contributed by atoms with Gasteiger partial charge in [-0.3, -0.25) is 4.99 Å². The molecule has 0 aromatic heterocycles. The van der Waals surface area contributed by atoms with Crippen LogP contribution in [0.3, 0.4) is 0 Å². The molecule has 0 amide bonds. The summed E-state index contributed by atoms with van der Waals surface area (Å²) < 4.78 is 32.4. The van der Waals surface area contributed by atoms with Gasteiger partial charge in [0.25, 0.3) is 6.43 Å². The Labute approximate surface area is 145 Å². The van der Waals surface area contributed by atoms with Crippen molar-refractivity contribution in [2.24, 2.45) is 10.7 Å². The molecule has 0 spiro atoms. The third kappa shape index (κ3) is 7.42. The maximum Gasteiger partial charge on any atom is 0.267 e. The fourth-order valence-corrected chi connectivity index (χ4v) is 3.65. The van der Waals surface area contributed by atoms with Crippen LogP contribution >= 0.6 is 0 Å². The van der Waals surface area contributed by atoms with E-state index in [1.807, 2.05) is 6.92 Å². The van der Waals surface area contributed by atoms with E-state index in [2.05, 4.69) is 24.6 Å². The van der Waals surface area contributed by atoms with Crippen LogP contribution in [0, 0.1) is 6.92 Å².